The summed E-state index contributed by atoms with van der Waals surface area (Å²) in [5, 5.41) is 7.20. The Morgan fingerprint density at radius 2 is 2.00 bits per heavy atom. The Hall–Kier alpha value is -2.43. The summed E-state index contributed by atoms with van der Waals surface area (Å²) < 4.78 is 0. The summed E-state index contributed by atoms with van der Waals surface area (Å²) in [5.74, 6) is -0.256. The van der Waals surface area contributed by atoms with Gasteiger partial charge in [0.15, 0.2) is 5.78 Å². The number of ketones is 1. The molecule has 4 rings (SSSR count). The third kappa shape index (κ3) is 5.08. The molecule has 1 aliphatic carbocycles. The van der Waals surface area contributed by atoms with E-state index in [1.165, 1.54) is 12.8 Å². The minimum atomic E-state index is -0.328. The first-order valence-electron chi connectivity index (χ1n) is 11.2. The first kappa shape index (κ1) is 21.8. The van der Waals surface area contributed by atoms with E-state index in [2.05, 4.69) is 16.7 Å². The van der Waals surface area contributed by atoms with Gasteiger partial charge in [0.25, 0.3) is 0 Å². The van der Waals surface area contributed by atoms with E-state index < -0.39 is 0 Å². The molecule has 5 heteroatoms. The maximum atomic E-state index is 13.3. The van der Waals surface area contributed by atoms with E-state index >= 15 is 0 Å². The molecule has 2 aliphatic rings. The molecule has 0 saturated carbocycles. The highest BCUT2D eigenvalue weighted by Gasteiger charge is 2.26. The van der Waals surface area contributed by atoms with Crippen LogP contribution in [0, 0.1) is 5.92 Å². The van der Waals surface area contributed by atoms with E-state index in [4.69, 9.17) is 11.6 Å². The van der Waals surface area contributed by atoms with Gasteiger partial charge in [-0.1, -0.05) is 48.0 Å². The number of nitrogens with one attached hydrogen (secondary N) is 2. The van der Waals surface area contributed by atoms with Crippen LogP contribution < -0.4 is 10.6 Å². The Balaban J connectivity index is 1.49. The summed E-state index contributed by atoms with van der Waals surface area (Å²) in [6.07, 6.45) is 9.17. The Morgan fingerprint density at radius 1 is 1.19 bits per heavy atom. The predicted molar refractivity (Wildman–Crippen MR) is 127 cm³/mol. The van der Waals surface area contributed by atoms with Crippen molar-refractivity contribution in [2.45, 2.75) is 51.0 Å². The van der Waals surface area contributed by atoms with Gasteiger partial charge in [0, 0.05) is 33.8 Å². The topological polar surface area (TPSA) is 58.2 Å². The summed E-state index contributed by atoms with van der Waals surface area (Å²) in [4.78, 5) is 26.2. The minimum absolute atomic E-state index is 0.00107. The lowest BCUT2D eigenvalue weighted by atomic mass is 9.89. The van der Waals surface area contributed by atoms with E-state index in [0.29, 0.717) is 22.3 Å². The Labute approximate surface area is 189 Å². The molecule has 1 amide bonds. The molecule has 2 aromatic carbocycles. The van der Waals surface area contributed by atoms with Crippen molar-refractivity contribution < 1.29 is 9.59 Å². The monoisotopic (exact) mass is 436 g/mol. The lowest BCUT2D eigenvalue weighted by Crippen LogP contribution is -2.24. The Bertz CT molecular complexity index is 977. The van der Waals surface area contributed by atoms with Crippen LogP contribution in [-0.4, -0.2) is 24.3 Å². The van der Waals surface area contributed by atoms with E-state index in [1.807, 2.05) is 43.3 Å². The van der Waals surface area contributed by atoms with Gasteiger partial charge in [0.05, 0.1) is 5.92 Å². The SMILES string of the molecule is CC(C(=O)Nc1cccc2c1C=CC[C@H](CC[C@@H]1CCCN1)C2=O)c1ccc(Cl)cc1. The molecule has 1 heterocycles. The lowest BCUT2D eigenvalue weighted by molar-refractivity contribution is -0.117. The second-order valence-corrected chi connectivity index (χ2v) is 9.04. The lowest BCUT2D eigenvalue weighted by Gasteiger charge is -2.18. The van der Waals surface area contributed by atoms with Crippen molar-refractivity contribution in [3.63, 3.8) is 0 Å². The first-order chi connectivity index (χ1) is 15.0. The van der Waals surface area contributed by atoms with Crippen molar-refractivity contribution >= 4 is 35.1 Å². The van der Waals surface area contributed by atoms with Crippen molar-refractivity contribution in [1.29, 1.82) is 0 Å². The maximum Gasteiger partial charge on any atom is 0.231 e. The third-order valence-corrected chi connectivity index (χ3v) is 6.75. The number of anilines is 1. The number of allylic oxidation sites excluding steroid dienone is 1. The normalized spacial score (nSPS) is 21.4. The molecule has 0 aromatic heterocycles. The van der Waals surface area contributed by atoms with Gasteiger partial charge in [-0.25, -0.2) is 0 Å². The van der Waals surface area contributed by atoms with Crippen LogP contribution in [0.1, 0.15) is 66.4 Å². The molecule has 0 spiro atoms. The van der Waals surface area contributed by atoms with E-state index in [9.17, 15) is 9.59 Å². The van der Waals surface area contributed by atoms with Crippen molar-refractivity contribution in [3.8, 4) is 0 Å². The van der Waals surface area contributed by atoms with Gasteiger partial charge < -0.3 is 10.6 Å². The van der Waals surface area contributed by atoms with Crippen LogP contribution in [0.15, 0.2) is 48.5 Å². The molecule has 0 bridgehead atoms. The number of hydrogen-bond donors (Lipinski definition) is 2. The molecule has 1 aliphatic heterocycles. The number of rotatable bonds is 6. The van der Waals surface area contributed by atoms with Crippen LogP contribution in [0.5, 0.6) is 0 Å². The maximum absolute atomic E-state index is 13.3. The Kier molecular flexibility index (Phi) is 6.89. The number of carbonyl (C=O) groups is 2. The number of halogens is 1. The fourth-order valence-corrected chi connectivity index (χ4v) is 4.67. The summed E-state index contributed by atoms with van der Waals surface area (Å²) in [7, 11) is 0. The molecule has 1 unspecified atom stereocenters. The molecule has 3 atom stereocenters. The van der Waals surface area contributed by atoms with Crippen molar-refractivity contribution in [1.82, 2.24) is 5.32 Å². The molecule has 4 nitrogen and oxygen atoms in total. The van der Waals surface area contributed by atoms with Crippen LogP contribution in [0.2, 0.25) is 5.02 Å². The number of amides is 1. The van der Waals surface area contributed by atoms with Gasteiger partial charge in [-0.2, -0.15) is 0 Å². The van der Waals surface area contributed by atoms with Crippen molar-refractivity contribution in [3.05, 3.63) is 70.3 Å². The largest absolute Gasteiger partial charge is 0.325 e. The second-order valence-electron chi connectivity index (χ2n) is 8.60. The standard InChI is InChI=1S/C26H29ClN2O2/c1-17(18-10-13-20(27)14-11-18)26(31)29-24-9-3-8-23-22(24)7-2-5-19(25(23)30)12-15-21-6-4-16-28-21/h2-3,7-11,13-14,17,19,21,28H,4-6,12,15-16H2,1H3,(H,29,31)/t17?,19-,21+/m1/s1. The number of fused-ring (bicyclic) bond motifs is 1. The molecule has 162 valence electrons. The highest BCUT2D eigenvalue weighted by molar-refractivity contribution is 6.30. The summed E-state index contributed by atoms with van der Waals surface area (Å²) in [6, 6.07) is 13.5. The zero-order valence-corrected chi connectivity index (χ0v) is 18.6. The third-order valence-electron chi connectivity index (χ3n) is 6.49. The molecule has 1 saturated heterocycles. The van der Waals surface area contributed by atoms with Crippen LogP contribution >= 0.6 is 11.6 Å². The molecular weight excluding hydrogens is 408 g/mol. The minimum Gasteiger partial charge on any atom is -0.325 e. The number of hydrogen-bond acceptors (Lipinski definition) is 3. The predicted octanol–water partition coefficient (Wildman–Crippen LogP) is 5.83. The van der Waals surface area contributed by atoms with E-state index in [-0.39, 0.29) is 23.5 Å². The summed E-state index contributed by atoms with van der Waals surface area (Å²) in [6.45, 7) is 2.96. The number of carbonyl (C=O) groups excluding carboxylic acids is 2. The fraction of sp³-hybridized carbons (Fsp3) is 0.385. The second kappa shape index (κ2) is 9.80. The molecule has 2 N–H and O–H groups in total. The number of benzene rings is 2. The van der Waals surface area contributed by atoms with Gasteiger partial charge in [0.1, 0.15) is 0 Å². The molecular formula is C26H29ClN2O2. The van der Waals surface area contributed by atoms with Crippen LogP contribution in [0.25, 0.3) is 6.08 Å². The van der Waals surface area contributed by atoms with Crippen molar-refractivity contribution in [2.24, 2.45) is 5.92 Å². The summed E-state index contributed by atoms with van der Waals surface area (Å²) >= 11 is 5.96. The van der Waals surface area contributed by atoms with E-state index in [0.717, 1.165) is 36.9 Å². The first-order valence-corrected chi connectivity index (χ1v) is 11.5. The average molecular weight is 437 g/mol. The smallest absolute Gasteiger partial charge is 0.231 e. The fourth-order valence-electron chi connectivity index (χ4n) is 4.54. The zero-order chi connectivity index (χ0) is 21.8. The number of Topliss-reactive ketones (excluding diaryl/α,β-unsaturated/α-hetero) is 1. The summed E-state index contributed by atoms with van der Waals surface area (Å²) in [5.41, 5.74) is 3.10. The van der Waals surface area contributed by atoms with Crippen LogP contribution in [0.4, 0.5) is 5.69 Å². The molecule has 2 aromatic rings. The highest BCUT2D eigenvalue weighted by atomic mass is 35.5. The molecule has 0 radical (unpaired) electrons. The van der Waals surface area contributed by atoms with Crippen LogP contribution in [-0.2, 0) is 4.79 Å². The van der Waals surface area contributed by atoms with Gasteiger partial charge >= 0.3 is 0 Å². The van der Waals surface area contributed by atoms with Crippen molar-refractivity contribution in [2.75, 3.05) is 11.9 Å². The van der Waals surface area contributed by atoms with Crippen LogP contribution in [0.3, 0.4) is 0 Å². The van der Waals surface area contributed by atoms with Gasteiger partial charge in [0.2, 0.25) is 5.91 Å². The van der Waals surface area contributed by atoms with Gasteiger partial charge in [-0.15, -0.1) is 0 Å². The van der Waals surface area contributed by atoms with Gasteiger partial charge in [-0.3, -0.25) is 9.59 Å². The van der Waals surface area contributed by atoms with Gasteiger partial charge in [-0.05, 0) is 69.3 Å². The Morgan fingerprint density at radius 3 is 2.74 bits per heavy atom. The van der Waals surface area contributed by atoms with E-state index in [1.54, 1.807) is 12.1 Å². The molecule has 31 heavy (non-hydrogen) atoms. The average Bonchev–Trinajstić information content (AvgIpc) is 3.24. The zero-order valence-electron chi connectivity index (χ0n) is 17.9. The highest BCUT2D eigenvalue weighted by Crippen LogP contribution is 2.32. The molecule has 1 fully saturated rings. The quantitative estimate of drug-likeness (QED) is 0.598.